The molecule has 1 atom stereocenters. The van der Waals surface area contributed by atoms with Crippen LogP contribution in [0, 0.1) is 12.3 Å². The second-order valence-corrected chi connectivity index (χ2v) is 3.20. The van der Waals surface area contributed by atoms with Gasteiger partial charge in [0.05, 0.1) is 0 Å². The zero-order valence-corrected chi connectivity index (χ0v) is 8.51. The lowest BCUT2D eigenvalue weighted by molar-refractivity contribution is -0.141. The number of carbonyl (C=O) groups excluding carboxylic acids is 1. The number of hydrogen-bond acceptors (Lipinski definition) is 2. The summed E-state index contributed by atoms with van der Waals surface area (Å²) in [5, 5.41) is 11.1. The minimum absolute atomic E-state index is 0.212. The van der Waals surface area contributed by atoms with Gasteiger partial charge >= 0.3 is 5.97 Å². The van der Waals surface area contributed by atoms with E-state index in [0.717, 1.165) is 5.56 Å². The summed E-state index contributed by atoms with van der Waals surface area (Å²) >= 11 is 0. The van der Waals surface area contributed by atoms with Crippen LogP contribution >= 0.6 is 0 Å². The quantitative estimate of drug-likeness (QED) is 0.719. The van der Waals surface area contributed by atoms with E-state index in [0.29, 0.717) is 0 Å². The molecular formula is C12H11NO3. The molecule has 0 unspecified atom stereocenters. The minimum atomic E-state index is -1.10. The molecule has 0 fully saturated rings. The first kappa shape index (κ1) is 11.8. The van der Waals surface area contributed by atoms with Crippen molar-refractivity contribution in [2.24, 2.45) is 0 Å². The Kier molecular flexibility index (Phi) is 4.10. The molecule has 0 bridgehead atoms. The van der Waals surface area contributed by atoms with E-state index >= 15 is 0 Å². The van der Waals surface area contributed by atoms with Crippen LogP contribution in [-0.4, -0.2) is 23.0 Å². The molecule has 1 aromatic rings. The van der Waals surface area contributed by atoms with Crippen LogP contribution in [0.25, 0.3) is 0 Å². The number of carboxylic acids is 1. The molecule has 1 aromatic carbocycles. The predicted molar refractivity (Wildman–Crippen MR) is 58.5 cm³/mol. The fraction of sp³-hybridized carbons (Fsp3) is 0.167. The summed E-state index contributed by atoms with van der Waals surface area (Å²) in [7, 11) is 0. The molecule has 0 aliphatic carbocycles. The van der Waals surface area contributed by atoms with Gasteiger partial charge in [-0.2, -0.15) is 0 Å². The van der Waals surface area contributed by atoms with E-state index in [4.69, 9.17) is 11.5 Å². The molecule has 4 nitrogen and oxygen atoms in total. The average molecular weight is 217 g/mol. The van der Waals surface area contributed by atoms with Gasteiger partial charge in [0.2, 0.25) is 0 Å². The number of rotatable bonds is 4. The van der Waals surface area contributed by atoms with E-state index < -0.39 is 17.9 Å². The van der Waals surface area contributed by atoms with Crippen molar-refractivity contribution in [3.8, 4) is 12.3 Å². The van der Waals surface area contributed by atoms with Crippen LogP contribution in [0.5, 0.6) is 0 Å². The fourth-order valence-corrected chi connectivity index (χ4v) is 1.25. The monoisotopic (exact) mass is 217 g/mol. The number of nitrogens with one attached hydrogen (secondary N) is 1. The molecule has 0 saturated heterocycles. The molecule has 0 heterocycles. The highest BCUT2D eigenvalue weighted by Crippen LogP contribution is 2.03. The molecule has 0 aromatic heterocycles. The van der Waals surface area contributed by atoms with Crippen LogP contribution in [0.4, 0.5) is 0 Å². The summed E-state index contributed by atoms with van der Waals surface area (Å²) in [5.74, 6) is -0.000633. The van der Waals surface area contributed by atoms with Crippen molar-refractivity contribution in [3.05, 3.63) is 35.9 Å². The lowest BCUT2D eigenvalue weighted by Gasteiger charge is -2.12. The number of carbonyl (C=O) groups is 2. The highest BCUT2D eigenvalue weighted by atomic mass is 16.4. The van der Waals surface area contributed by atoms with Gasteiger partial charge in [0.1, 0.15) is 6.04 Å². The molecule has 0 spiro atoms. The topological polar surface area (TPSA) is 66.4 Å². The van der Waals surface area contributed by atoms with Crippen molar-refractivity contribution < 1.29 is 14.7 Å². The summed E-state index contributed by atoms with van der Waals surface area (Å²) < 4.78 is 0. The predicted octanol–water partition coefficient (Wildman–Crippen LogP) is 0.432. The zero-order chi connectivity index (χ0) is 12.0. The first-order chi connectivity index (χ1) is 7.63. The van der Waals surface area contributed by atoms with Gasteiger partial charge in [-0.3, -0.25) is 4.79 Å². The number of amides is 1. The van der Waals surface area contributed by atoms with E-state index in [2.05, 4.69) is 5.32 Å². The molecule has 0 saturated carbocycles. The highest BCUT2D eigenvalue weighted by Gasteiger charge is 2.19. The maximum absolute atomic E-state index is 10.9. The first-order valence-corrected chi connectivity index (χ1v) is 4.67. The standard InChI is InChI=1S/C12H11NO3/c1-2-11(14)13-10(12(15)16)8-9-6-4-3-5-7-9/h1,3-7,10H,8H2,(H,13,14)(H,15,16)/t10-/m0/s1. The normalized spacial score (nSPS) is 11.2. The first-order valence-electron chi connectivity index (χ1n) is 4.67. The molecular weight excluding hydrogens is 206 g/mol. The third-order valence-corrected chi connectivity index (χ3v) is 2.02. The minimum Gasteiger partial charge on any atom is -0.480 e. The Morgan fingerprint density at radius 3 is 2.50 bits per heavy atom. The van der Waals surface area contributed by atoms with Gasteiger partial charge in [-0.05, 0) is 11.5 Å². The maximum atomic E-state index is 10.9. The molecule has 0 radical (unpaired) electrons. The number of aliphatic carboxylic acids is 1. The molecule has 82 valence electrons. The average Bonchev–Trinajstić information content (AvgIpc) is 2.29. The Morgan fingerprint density at radius 1 is 1.38 bits per heavy atom. The number of benzene rings is 1. The van der Waals surface area contributed by atoms with Crippen LogP contribution in [0.1, 0.15) is 5.56 Å². The summed E-state index contributed by atoms with van der Waals surface area (Å²) in [6, 6.07) is 8.02. The van der Waals surface area contributed by atoms with E-state index in [1.807, 2.05) is 12.0 Å². The maximum Gasteiger partial charge on any atom is 0.326 e. The van der Waals surface area contributed by atoms with Crippen LogP contribution in [0.2, 0.25) is 0 Å². The highest BCUT2D eigenvalue weighted by molar-refractivity contribution is 5.95. The van der Waals surface area contributed by atoms with Crippen LogP contribution < -0.4 is 5.32 Å². The van der Waals surface area contributed by atoms with Gasteiger partial charge in [-0.15, -0.1) is 6.42 Å². The van der Waals surface area contributed by atoms with Crippen LogP contribution in [-0.2, 0) is 16.0 Å². The Labute approximate surface area is 93.3 Å². The van der Waals surface area contributed by atoms with Crippen molar-refractivity contribution in [1.82, 2.24) is 5.32 Å². The molecule has 1 rings (SSSR count). The van der Waals surface area contributed by atoms with Crippen LogP contribution in [0.15, 0.2) is 30.3 Å². The van der Waals surface area contributed by atoms with Gasteiger partial charge in [0.15, 0.2) is 0 Å². The Morgan fingerprint density at radius 2 is 2.00 bits per heavy atom. The summed E-state index contributed by atoms with van der Waals surface area (Å²) in [5.41, 5.74) is 0.826. The van der Waals surface area contributed by atoms with Crippen molar-refractivity contribution in [2.45, 2.75) is 12.5 Å². The Balaban J connectivity index is 2.70. The van der Waals surface area contributed by atoms with Gasteiger partial charge in [0, 0.05) is 6.42 Å². The fourth-order valence-electron chi connectivity index (χ4n) is 1.25. The van der Waals surface area contributed by atoms with E-state index in [1.165, 1.54) is 0 Å². The van der Waals surface area contributed by atoms with Gasteiger partial charge < -0.3 is 10.4 Å². The SMILES string of the molecule is C#CC(=O)N[C@@H](Cc1ccccc1)C(=O)O. The summed E-state index contributed by atoms with van der Waals surface area (Å²) in [6.07, 6.45) is 5.07. The third kappa shape index (κ3) is 3.46. The Bertz CT molecular complexity index is 420. The largest absolute Gasteiger partial charge is 0.480 e. The van der Waals surface area contributed by atoms with Crippen molar-refractivity contribution in [1.29, 1.82) is 0 Å². The van der Waals surface area contributed by atoms with Gasteiger partial charge in [0.25, 0.3) is 5.91 Å². The van der Waals surface area contributed by atoms with E-state index in [-0.39, 0.29) is 6.42 Å². The summed E-state index contributed by atoms with van der Waals surface area (Å²) in [4.78, 5) is 21.8. The number of hydrogen-bond donors (Lipinski definition) is 2. The van der Waals surface area contributed by atoms with Gasteiger partial charge in [-0.25, -0.2) is 4.79 Å². The van der Waals surface area contributed by atoms with Crippen LogP contribution in [0.3, 0.4) is 0 Å². The molecule has 0 aliphatic rings. The van der Waals surface area contributed by atoms with Crippen molar-refractivity contribution in [3.63, 3.8) is 0 Å². The van der Waals surface area contributed by atoms with Gasteiger partial charge in [-0.1, -0.05) is 30.3 Å². The zero-order valence-electron chi connectivity index (χ0n) is 8.51. The lowest BCUT2D eigenvalue weighted by atomic mass is 10.1. The summed E-state index contributed by atoms with van der Waals surface area (Å²) in [6.45, 7) is 0. The second kappa shape index (κ2) is 5.56. The molecule has 2 N–H and O–H groups in total. The molecule has 4 heteroatoms. The van der Waals surface area contributed by atoms with E-state index in [1.54, 1.807) is 24.3 Å². The van der Waals surface area contributed by atoms with Crippen molar-refractivity contribution >= 4 is 11.9 Å². The lowest BCUT2D eigenvalue weighted by Crippen LogP contribution is -2.41. The molecule has 0 aliphatic heterocycles. The third-order valence-electron chi connectivity index (χ3n) is 2.02. The number of carboxylic acid groups (broad SMARTS) is 1. The second-order valence-electron chi connectivity index (χ2n) is 3.20. The smallest absolute Gasteiger partial charge is 0.326 e. The van der Waals surface area contributed by atoms with E-state index in [9.17, 15) is 9.59 Å². The molecule has 16 heavy (non-hydrogen) atoms. The Hall–Kier alpha value is -2.28. The molecule has 1 amide bonds. The van der Waals surface area contributed by atoms with Crippen molar-refractivity contribution in [2.75, 3.05) is 0 Å². The number of terminal acetylenes is 1.